The largest absolute Gasteiger partial charge is 0.472 e. The van der Waals surface area contributed by atoms with Crippen molar-refractivity contribution in [2.24, 2.45) is 5.73 Å². The van der Waals surface area contributed by atoms with Crippen LogP contribution in [0.25, 0.3) is 0 Å². The predicted molar refractivity (Wildman–Crippen MR) is 237 cm³/mol. The second-order valence-corrected chi connectivity index (χ2v) is 16.9. The van der Waals surface area contributed by atoms with Crippen LogP contribution in [0.5, 0.6) is 0 Å². The predicted octanol–water partition coefficient (Wildman–Crippen LogP) is 11.9. The highest BCUT2D eigenvalue weighted by molar-refractivity contribution is 7.47. The maximum Gasteiger partial charge on any atom is 0.472 e. The number of nitrogens with two attached hydrogens (primary N) is 1. The molecule has 328 valence electrons. The summed E-state index contributed by atoms with van der Waals surface area (Å²) < 4.78 is 22.1. The molecule has 0 heterocycles. The lowest BCUT2D eigenvalue weighted by molar-refractivity contribution is -0.124. The summed E-state index contributed by atoms with van der Waals surface area (Å²) in [4.78, 5) is 22.8. The van der Waals surface area contributed by atoms with Crippen LogP contribution in [0.3, 0.4) is 0 Å². The van der Waals surface area contributed by atoms with E-state index in [9.17, 15) is 24.5 Å². The van der Waals surface area contributed by atoms with Crippen molar-refractivity contribution >= 4 is 13.7 Å². The Morgan fingerprint density at radius 1 is 0.643 bits per heavy atom. The van der Waals surface area contributed by atoms with Gasteiger partial charge < -0.3 is 26.2 Å². The van der Waals surface area contributed by atoms with E-state index in [4.69, 9.17) is 14.8 Å². The van der Waals surface area contributed by atoms with Crippen LogP contribution < -0.4 is 11.1 Å². The van der Waals surface area contributed by atoms with Crippen molar-refractivity contribution < 1.29 is 33.5 Å². The molecule has 0 aliphatic heterocycles. The van der Waals surface area contributed by atoms with E-state index in [1.165, 1.54) is 122 Å². The van der Waals surface area contributed by atoms with E-state index < -0.39 is 38.6 Å². The number of hydrogen-bond acceptors (Lipinski definition) is 7. The van der Waals surface area contributed by atoms with Gasteiger partial charge in [0.2, 0.25) is 5.91 Å². The Morgan fingerprint density at radius 3 is 1.68 bits per heavy atom. The first-order chi connectivity index (χ1) is 27.3. The topological polar surface area (TPSA) is 151 Å². The first kappa shape index (κ1) is 54.4. The van der Waals surface area contributed by atoms with Gasteiger partial charge in [0.15, 0.2) is 0 Å². The molecule has 0 rings (SSSR count). The fraction of sp³-hybridized carbons (Fsp3) is 0.804. The number of rotatable bonds is 42. The van der Waals surface area contributed by atoms with Gasteiger partial charge >= 0.3 is 7.82 Å². The monoisotopic (exact) mass is 811 g/mol. The van der Waals surface area contributed by atoms with Crippen LogP contribution in [0.15, 0.2) is 48.6 Å². The average Bonchev–Trinajstić information content (AvgIpc) is 3.17. The van der Waals surface area contributed by atoms with Gasteiger partial charge in [0.05, 0.1) is 37.9 Å². The molecule has 56 heavy (non-hydrogen) atoms. The molecule has 0 aromatic carbocycles. The van der Waals surface area contributed by atoms with E-state index in [1.54, 1.807) is 6.08 Å². The third-order valence-electron chi connectivity index (χ3n) is 9.94. The van der Waals surface area contributed by atoms with Gasteiger partial charge in [0.1, 0.15) is 0 Å². The van der Waals surface area contributed by atoms with E-state index in [2.05, 4.69) is 55.6 Å². The van der Waals surface area contributed by atoms with Crippen molar-refractivity contribution in [2.45, 2.75) is 218 Å². The van der Waals surface area contributed by atoms with E-state index >= 15 is 0 Å². The van der Waals surface area contributed by atoms with Crippen LogP contribution in [0.4, 0.5) is 0 Å². The Balaban J connectivity index is 4.29. The van der Waals surface area contributed by atoms with E-state index in [0.29, 0.717) is 12.8 Å². The number of carbonyl (C=O) groups excluding carboxylic acids is 1. The summed E-state index contributed by atoms with van der Waals surface area (Å²) in [5.74, 6) is -0.457. The number of aliphatic hydroxyl groups is 2. The Labute approximate surface area is 344 Å². The van der Waals surface area contributed by atoms with Gasteiger partial charge in [-0.3, -0.25) is 13.8 Å². The molecular weight excluding hydrogens is 723 g/mol. The molecule has 0 aromatic rings. The number of aliphatic hydroxyl groups excluding tert-OH is 2. The molecule has 0 bridgehead atoms. The lowest BCUT2D eigenvalue weighted by Crippen LogP contribution is -2.46. The van der Waals surface area contributed by atoms with Gasteiger partial charge in [-0.1, -0.05) is 184 Å². The maximum absolute atomic E-state index is 12.8. The van der Waals surface area contributed by atoms with Crippen molar-refractivity contribution in [3.63, 3.8) is 0 Å². The smallest absolute Gasteiger partial charge is 0.393 e. The number of amides is 1. The molecule has 10 heteroatoms. The Bertz CT molecular complexity index is 1030. The number of phosphoric ester groups is 1. The zero-order chi connectivity index (χ0) is 41.2. The molecule has 0 saturated carbocycles. The maximum atomic E-state index is 12.8. The molecule has 0 aromatic heterocycles. The number of phosphoric acid groups is 1. The lowest BCUT2D eigenvalue weighted by atomic mass is 10.0. The highest BCUT2D eigenvalue weighted by atomic mass is 31.2. The van der Waals surface area contributed by atoms with Gasteiger partial charge in [-0.25, -0.2) is 4.57 Å². The Hall–Kier alpha value is -1.58. The van der Waals surface area contributed by atoms with Crippen LogP contribution in [-0.2, 0) is 18.4 Å². The molecule has 0 radical (unpaired) electrons. The van der Waals surface area contributed by atoms with Crippen molar-refractivity contribution in [1.82, 2.24) is 5.32 Å². The lowest BCUT2D eigenvalue weighted by Gasteiger charge is -2.24. The summed E-state index contributed by atoms with van der Waals surface area (Å²) in [5, 5.41) is 24.1. The fourth-order valence-electron chi connectivity index (χ4n) is 6.52. The molecule has 0 saturated heterocycles. The van der Waals surface area contributed by atoms with E-state index in [0.717, 1.165) is 44.9 Å². The van der Waals surface area contributed by atoms with Crippen molar-refractivity contribution in [2.75, 3.05) is 19.8 Å². The van der Waals surface area contributed by atoms with Gasteiger partial charge in [0.25, 0.3) is 0 Å². The summed E-state index contributed by atoms with van der Waals surface area (Å²) in [6.07, 6.45) is 47.7. The molecule has 0 spiro atoms. The molecule has 0 aliphatic rings. The number of allylic oxidation sites excluding steroid dienone is 7. The second kappa shape index (κ2) is 41.6. The zero-order valence-electron chi connectivity index (χ0n) is 36.0. The van der Waals surface area contributed by atoms with Crippen molar-refractivity contribution in [1.29, 1.82) is 0 Å². The van der Waals surface area contributed by atoms with Crippen LogP contribution in [0.1, 0.15) is 200 Å². The standard InChI is InChI=1S/C46H87N2O7P/c1-3-5-7-9-11-13-15-17-19-20-21-22-24-25-27-29-31-33-35-37-43(49)41-46(51)48-44(42-55-56(52,53)54-40-39-47)45(50)38-36-34-32-30-28-26-23-18-16-14-12-10-8-6-4-2/h5,7,11,13,28,30,36,38,43-45,49-50H,3-4,6,8-10,12,14-27,29,31-35,37,39-42,47H2,1-2H3,(H,48,51)(H,52,53)/b7-5-,13-11-,30-28+,38-36+. The van der Waals surface area contributed by atoms with Gasteiger partial charge in [-0.05, 0) is 57.8 Å². The molecule has 6 N–H and O–H groups in total. The molecule has 4 atom stereocenters. The SMILES string of the molecule is CC/C=C\C/C=C\CCCCCCCCCCCCCCC(O)CC(=O)NC(COP(=O)(O)OCCN)C(O)/C=C/CC/C=C/CCCCCCCCCCC. The number of unbranched alkanes of at least 4 members (excludes halogenated alkanes) is 22. The molecule has 0 fully saturated rings. The van der Waals surface area contributed by atoms with Crippen LogP contribution in [0, 0.1) is 0 Å². The van der Waals surface area contributed by atoms with Crippen LogP contribution in [-0.4, -0.2) is 59.0 Å². The summed E-state index contributed by atoms with van der Waals surface area (Å²) in [6, 6.07) is -1.000. The molecule has 4 unspecified atom stereocenters. The zero-order valence-corrected chi connectivity index (χ0v) is 36.9. The summed E-state index contributed by atoms with van der Waals surface area (Å²) >= 11 is 0. The van der Waals surface area contributed by atoms with Crippen molar-refractivity contribution in [3.05, 3.63) is 48.6 Å². The summed E-state index contributed by atoms with van der Waals surface area (Å²) in [5.41, 5.74) is 5.36. The minimum atomic E-state index is -4.41. The number of carbonyl (C=O) groups is 1. The first-order valence-electron chi connectivity index (χ1n) is 22.8. The number of nitrogens with one attached hydrogen (secondary N) is 1. The van der Waals surface area contributed by atoms with Crippen LogP contribution >= 0.6 is 7.82 Å². The highest BCUT2D eigenvalue weighted by Crippen LogP contribution is 2.43. The fourth-order valence-corrected chi connectivity index (χ4v) is 7.28. The average molecular weight is 811 g/mol. The summed E-state index contributed by atoms with van der Waals surface area (Å²) in [6.45, 7) is 3.85. The van der Waals surface area contributed by atoms with E-state index in [-0.39, 0.29) is 19.6 Å². The number of hydrogen-bond donors (Lipinski definition) is 5. The van der Waals surface area contributed by atoms with E-state index in [1.807, 2.05) is 6.08 Å². The summed E-state index contributed by atoms with van der Waals surface area (Å²) in [7, 11) is -4.41. The molecule has 1 amide bonds. The molecule has 9 nitrogen and oxygen atoms in total. The van der Waals surface area contributed by atoms with Gasteiger partial charge in [0, 0.05) is 6.54 Å². The quantitative estimate of drug-likeness (QED) is 0.0232. The minimum Gasteiger partial charge on any atom is -0.393 e. The van der Waals surface area contributed by atoms with Gasteiger partial charge in [-0.15, -0.1) is 0 Å². The first-order valence-corrected chi connectivity index (χ1v) is 24.3. The minimum absolute atomic E-state index is 0.0435. The van der Waals surface area contributed by atoms with Crippen molar-refractivity contribution in [3.8, 4) is 0 Å². The third kappa shape index (κ3) is 39.3. The van der Waals surface area contributed by atoms with Crippen LogP contribution in [0.2, 0.25) is 0 Å². The second-order valence-electron chi connectivity index (χ2n) is 15.4. The third-order valence-corrected chi connectivity index (χ3v) is 10.9. The molecular formula is C46H87N2O7P. The molecule has 0 aliphatic carbocycles. The normalized spacial score (nSPS) is 15.0. The van der Waals surface area contributed by atoms with Gasteiger partial charge in [-0.2, -0.15) is 0 Å². The Kier molecular flexibility index (Phi) is 40.4. The highest BCUT2D eigenvalue weighted by Gasteiger charge is 2.27. The Morgan fingerprint density at radius 2 is 1.12 bits per heavy atom.